The summed E-state index contributed by atoms with van der Waals surface area (Å²) in [7, 11) is 1.38. The van der Waals surface area contributed by atoms with E-state index in [1.165, 1.54) is 17.9 Å². The monoisotopic (exact) mass is 425 g/mol. The number of ether oxygens (including phenoxy) is 1. The van der Waals surface area contributed by atoms with Crippen molar-refractivity contribution in [2.45, 2.75) is 45.2 Å². The number of methoxy groups -OCH3 is 1. The Hall–Kier alpha value is -3.49. The first kappa shape index (κ1) is 22.2. The lowest BCUT2D eigenvalue weighted by Gasteiger charge is -2.27. The molecule has 164 valence electrons. The molecule has 2 aromatic rings. The maximum absolute atomic E-state index is 12.9. The van der Waals surface area contributed by atoms with Gasteiger partial charge in [0, 0.05) is 23.7 Å². The number of nitrogens with zero attached hydrogens (tertiary/aromatic N) is 2. The zero-order valence-corrected chi connectivity index (χ0v) is 17.7. The van der Waals surface area contributed by atoms with Crippen molar-refractivity contribution in [3.63, 3.8) is 0 Å². The Morgan fingerprint density at radius 3 is 2.42 bits per heavy atom. The van der Waals surface area contributed by atoms with Crippen LogP contribution in [0.1, 0.15) is 48.5 Å². The molecule has 31 heavy (non-hydrogen) atoms. The second-order valence-electron chi connectivity index (χ2n) is 7.60. The van der Waals surface area contributed by atoms with Crippen molar-refractivity contribution >= 4 is 17.7 Å². The molecule has 1 aromatic heterocycles. The number of hydrogen-bond donors (Lipinski definition) is 3. The molecule has 0 bridgehead atoms. The van der Waals surface area contributed by atoms with E-state index >= 15 is 0 Å². The average Bonchev–Trinajstić information content (AvgIpc) is 2.79. The van der Waals surface area contributed by atoms with Crippen molar-refractivity contribution in [3.05, 3.63) is 51.8 Å². The Labute approximate surface area is 180 Å². The van der Waals surface area contributed by atoms with Crippen molar-refractivity contribution in [2.24, 2.45) is 11.7 Å². The lowest BCUT2D eigenvalue weighted by Crippen LogP contribution is -2.42. The highest BCUT2D eigenvalue weighted by Gasteiger charge is 2.28. The predicted octanol–water partition coefficient (Wildman–Crippen LogP) is 1.68. The highest BCUT2D eigenvalue weighted by molar-refractivity contribution is 5.96. The fourth-order valence-corrected chi connectivity index (χ4v) is 3.78. The van der Waals surface area contributed by atoms with Crippen molar-refractivity contribution < 1.29 is 14.3 Å². The van der Waals surface area contributed by atoms with Gasteiger partial charge in [0.2, 0.25) is 0 Å². The first-order valence-electron chi connectivity index (χ1n) is 10.3. The number of rotatable bonds is 6. The Morgan fingerprint density at radius 2 is 1.87 bits per heavy atom. The molecule has 1 fully saturated rings. The van der Waals surface area contributed by atoms with Crippen LogP contribution in [0.5, 0.6) is 0 Å². The lowest BCUT2D eigenvalue weighted by atomic mass is 9.86. The number of nitrogens with one attached hydrogen (secondary N) is 2. The normalized spacial score (nSPS) is 18.3. The average molecular weight is 425 g/mol. The van der Waals surface area contributed by atoms with Crippen molar-refractivity contribution in [1.82, 2.24) is 15.1 Å². The van der Waals surface area contributed by atoms with Crippen LogP contribution in [0, 0.1) is 11.3 Å². The van der Waals surface area contributed by atoms with Gasteiger partial charge in [-0.05, 0) is 38.7 Å². The van der Waals surface area contributed by atoms with Gasteiger partial charge in [-0.1, -0.05) is 24.3 Å². The fourth-order valence-electron chi connectivity index (χ4n) is 3.78. The minimum atomic E-state index is -0.452. The minimum absolute atomic E-state index is 0.0255. The van der Waals surface area contributed by atoms with Gasteiger partial charge in [-0.2, -0.15) is 5.10 Å². The highest BCUT2D eigenvalue weighted by atomic mass is 16.5. The number of aromatic nitrogens is 2. The van der Waals surface area contributed by atoms with Crippen LogP contribution in [-0.4, -0.2) is 40.6 Å². The van der Waals surface area contributed by atoms with Gasteiger partial charge in [-0.15, -0.1) is 0 Å². The van der Waals surface area contributed by atoms with Gasteiger partial charge in [-0.25, -0.2) is 4.68 Å². The zero-order valence-electron chi connectivity index (χ0n) is 17.7. The third-order valence-electron chi connectivity index (χ3n) is 5.61. The largest absolute Gasteiger partial charge is 0.469 e. The van der Waals surface area contributed by atoms with Gasteiger partial charge in [0.05, 0.1) is 18.7 Å². The van der Waals surface area contributed by atoms with Crippen molar-refractivity contribution in [1.29, 1.82) is 5.41 Å². The number of carbonyl (C=O) groups excluding carboxylic acids is 2. The number of nitrogen functional groups attached to an aromatic ring is 1. The first-order valence-corrected chi connectivity index (χ1v) is 10.3. The first-order chi connectivity index (χ1) is 14.8. The predicted molar refractivity (Wildman–Crippen MR) is 116 cm³/mol. The molecule has 0 atom stereocenters. The summed E-state index contributed by atoms with van der Waals surface area (Å²) in [5.74, 6) is -0.844. The Kier molecular flexibility index (Phi) is 6.84. The van der Waals surface area contributed by atoms with Gasteiger partial charge >= 0.3 is 5.97 Å². The number of aryl methyl sites for hydroxylation is 1. The molecule has 4 N–H and O–H groups in total. The van der Waals surface area contributed by atoms with Crippen LogP contribution in [0.25, 0.3) is 11.3 Å². The molecule has 1 aliphatic carbocycles. The van der Waals surface area contributed by atoms with E-state index < -0.39 is 11.5 Å². The Balaban J connectivity index is 1.81. The number of esters is 1. The number of amidine groups is 1. The Morgan fingerprint density at radius 1 is 1.23 bits per heavy atom. The molecule has 3 rings (SSSR count). The fraction of sp³-hybridized carbons (Fsp3) is 0.409. The second-order valence-corrected chi connectivity index (χ2v) is 7.60. The van der Waals surface area contributed by atoms with E-state index in [1.807, 2.05) is 0 Å². The summed E-state index contributed by atoms with van der Waals surface area (Å²) in [6.07, 6.45) is 2.58. The summed E-state index contributed by atoms with van der Waals surface area (Å²) in [6.45, 7) is 2.11. The van der Waals surface area contributed by atoms with Gasteiger partial charge in [0.25, 0.3) is 11.5 Å². The van der Waals surface area contributed by atoms with Gasteiger partial charge in [0.1, 0.15) is 11.4 Å². The van der Waals surface area contributed by atoms with Gasteiger partial charge in [0.15, 0.2) is 0 Å². The second kappa shape index (κ2) is 9.55. The van der Waals surface area contributed by atoms with Crippen LogP contribution in [0.15, 0.2) is 35.1 Å². The summed E-state index contributed by atoms with van der Waals surface area (Å²) in [6, 6.07) is 8.28. The van der Waals surface area contributed by atoms with Crippen LogP contribution in [0.2, 0.25) is 0 Å². The number of amides is 1. The molecule has 1 heterocycles. The van der Waals surface area contributed by atoms with Crippen molar-refractivity contribution in [2.75, 3.05) is 7.11 Å². The molecule has 1 saturated carbocycles. The SMILES string of the molecule is CCn1nc(-c2ccc(C(=N)N)cc2)cc(C(=O)NC2CCC(C(=O)OC)CC2)c1=O. The van der Waals surface area contributed by atoms with Crippen LogP contribution in [0.4, 0.5) is 0 Å². The number of carbonyl (C=O) groups is 2. The standard InChI is InChI=1S/C22H27N5O4/c1-3-27-21(29)17(12-18(26-27)13-4-6-14(7-5-13)19(23)24)20(28)25-16-10-8-15(9-11-16)22(30)31-2/h4-7,12,15-16H,3,8-11H2,1-2H3,(H3,23,24)(H,25,28). The van der Waals surface area contributed by atoms with E-state index in [0.29, 0.717) is 49.0 Å². The summed E-state index contributed by atoms with van der Waals surface area (Å²) in [4.78, 5) is 37.3. The summed E-state index contributed by atoms with van der Waals surface area (Å²) < 4.78 is 6.06. The molecule has 0 aliphatic heterocycles. The molecular formula is C22H27N5O4. The molecule has 9 nitrogen and oxygen atoms in total. The van der Waals surface area contributed by atoms with E-state index in [2.05, 4.69) is 10.4 Å². The van der Waals surface area contributed by atoms with Crippen LogP contribution in [0.3, 0.4) is 0 Å². The maximum Gasteiger partial charge on any atom is 0.308 e. The molecule has 0 saturated heterocycles. The molecule has 0 spiro atoms. The highest BCUT2D eigenvalue weighted by Crippen LogP contribution is 2.25. The quantitative estimate of drug-likeness (QED) is 0.365. The van der Waals surface area contributed by atoms with Gasteiger partial charge in [-0.3, -0.25) is 19.8 Å². The van der Waals surface area contributed by atoms with Crippen LogP contribution in [-0.2, 0) is 16.1 Å². The third-order valence-corrected chi connectivity index (χ3v) is 5.61. The molecule has 1 aliphatic rings. The topological polar surface area (TPSA) is 140 Å². The Bertz CT molecular complexity index is 1040. The summed E-state index contributed by atoms with van der Waals surface area (Å²) >= 11 is 0. The number of nitrogens with two attached hydrogens (primary N) is 1. The van der Waals surface area contributed by atoms with E-state index in [9.17, 15) is 14.4 Å². The van der Waals surface area contributed by atoms with Gasteiger partial charge < -0.3 is 15.8 Å². The smallest absolute Gasteiger partial charge is 0.308 e. The van der Waals surface area contributed by atoms with Crippen molar-refractivity contribution in [3.8, 4) is 11.3 Å². The number of hydrogen-bond acceptors (Lipinski definition) is 6. The molecule has 0 radical (unpaired) electrons. The van der Waals surface area contributed by atoms with E-state index in [0.717, 1.165) is 0 Å². The van der Waals surface area contributed by atoms with E-state index in [4.69, 9.17) is 15.9 Å². The maximum atomic E-state index is 12.9. The number of benzene rings is 1. The molecule has 1 amide bonds. The third kappa shape index (κ3) is 4.99. The van der Waals surface area contributed by atoms with E-state index in [1.54, 1.807) is 31.2 Å². The minimum Gasteiger partial charge on any atom is -0.469 e. The molecular weight excluding hydrogens is 398 g/mol. The van der Waals surface area contributed by atoms with Crippen LogP contribution >= 0.6 is 0 Å². The molecule has 9 heteroatoms. The van der Waals surface area contributed by atoms with Crippen LogP contribution < -0.4 is 16.6 Å². The lowest BCUT2D eigenvalue weighted by molar-refractivity contribution is -0.146. The molecule has 1 aromatic carbocycles. The molecule has 0 unspecified atom stereocenters. The van der Waals surface area contributed by atoms with E-state index in [-0.39, 0.29) is 29.3 Å². The summed E-state index contributed by atoms with van der Waals surface area (Å²) in [5.41, 5.74) is 6.84. The summed E-state index contributed by atoms with van der Waals surface area (Å²) in [5, 5.41) is 14.8. The zero-order chi connectivity index (χ0) is 22.5.